The van der Waals surface area contributed by atoms with Crippen molar-refractivity contribution in [3.8, 4) is 0 Å². The van der Waals surface area contributed by atoms with Gasteiger partial charge in [-0.2, -0.15) is 0 Å². The number of aryl methyl sites for hydroxylation is 1. The van der Waals surface area contributed by atoms with E-state index in [1.807, 2.05) is 22.7 Å². The maximum absolute atomic E-state index is 3.42. The summed E-state index contributed by atoms with van der Waals surface area (Å²) >= 11 is 3.86. The molecule has 0 amide bonds. The number of thiophene rings is 2. The van der Waals surface area contributed by atoms with Gasteiger partial charge in [-0.05, 0) is 48.5 Å². The molecule has 0 saturated heterocycles. The Morgan fingerprint density at radius 3 is 3.15 bits per heavy atom. The molecule has 0 unspecified atom stereocenters. The van der Waals surface area contributed by atoms with Crippen LogP contribution in [-0.2, 0) is 26.1 Å². The molecule has 0 spiro atoms. The Bertz CT molecular complexity index is 571. The molecule has 3 rings (SSSR count). The second kappa shape index (κ2) is 6.39. The summed E-state index contributed by atoms with van der Waals surface area (Å²) < 4.78 is 0. The maximum Gasteiger partial charge on any atom is 0.0299 e. The van der Waals surface area contributed by atoms with E-state index in [0.29, 0.717) is 0 Å². The summed E-state index contributed by atoms with van der Waals surface area (Å²) in [5.74, 6) is 0. The highest BCUT2D eigenvalue weighted by atomic mass is 32.1. The average molecular weight is 306 g/mol. The number of fused-ring (bicyclic) bond motifs is 1. The SMILES string of the molecule is CCNCc1cc(CN2CCc3sccc3C2)c(C)s1. The molecular formula is C16H22N2S2. The molecule has 20 heavy (non-hydrogen) atoms. The van der Waals surface area contributed by atoms with E-state index < -0.39 is 0 Å². The Kier molecular flexibility index (Phi) is 4.56. The van der Waals surface area contributed by atoms with Gasteiger partial charge in [0.2, 0.25) is 0 Å². The fourth-order valence-corrected chi connectivity index (χ4v) is 4.68. The van der Waals surface area contributed by atoms with E-state index >= 15 is 0 Å². The van der Waals surface area contributed by atoms with Crippen LogP contribution in [0.3, 0.4) is 0 Å². The van der Waals surface area contributed by atoms with Crippen LogP contribution in [0.2, 0.25) is 0 Å². The molecule has 2 aromatic heterocycles. The summed E-state index contributed by atoms with van der Waals surface area (Å²) in [5.41, 5.74) is 3.06. The van der Waals surface area contributed by atoms with Crippen molar-refractivity contribution in [2.45, 2.75) is 39.9 Å². The van der Waals surface area contributed by atoms with Gasteiger partial charge in [0.25, 0.3) is 0 Å². The molecule has 0 saturated carbocycles. The first-order valence-electron chi connectivity index (χ1n) is 7.32. The predicted molar refractivity (Wildman–Crippen MR) is 88.6 cm³/mol. The summed E-state index contributed by atoms with van der Waals surface area (Å²) in [6.45, 7) is 9.89. The van der Waals surface area contributed by atoms with E-state index in [0.717, 1.165) is 26.2 Å². The topological polar surface area (TPSA) is 15.3 Å². The minimum absolute atomic E-state index is 1.01. The Balaban J connectivity index is 1.65. The molecule has 108 valence electrons. The van der Waals surface area contributed by atoms with Crippen molar-refractivity contribution in [1.82, 2.24) is 10.2 Å². The number of nitrogens with one attached hydrogen (secondary N) is 1. The molecule has 2 nitrogen and oxygen atoms in total. The fraction of sp³-hybridized carbons (Fsp3) is 0.500. The number of hydrogen-bond acceptors (Lipinski definition) is 4. The molecule has 1 N–H and O–H groups in total. The Labute approximate surface area is 129 Å². The van der Waals surface area contributed by atoms with Gasteiger partial charge >= 0.3 is 0 Å². The van der Waals surface area contributed by atoms with Crippen molar-refractivity contribution in [2.75, 3.05) is 13.1 Å². The molecule has 4 heteroatoms. The van der Waals surface area contributed by atoms with Crippen LogP contribution in [0.25, 0.3) is 0 Å². The Morgan fingerprint density at radius 1 is 1.40 bits per heavy atom. The molecular weight excluding hydrogens is 284 g/mol. The fourth-order valence-electron chi connectivity index (χ4n) is 2.76. The monoisotopic (exact) mass is 306 g/mol. The van der Waals surface area contributed by atoms with E-state index in [4.69, 9.17) is 0 Å². The molecule has 2 aromatic rings. The second-order valence-corrected chi connectivity index (χ2v) is 7.75. The van der Waals surface area contributed by atoms with Crippen LogP contribution in [0.15, 0.2) is 17.5 Å². The lowest BCUT2D eigenvalue weighted by Crippen LogP contribution is -2.29. The molecule has 0 radical (unpaired) electrons. The number of rotatable bonds is 5. The van der Waals surface area contributed by atoms with Gasteiger partial charge in [0.1, 0.15) is 0 Å². The van der Waals surface area contributed by atoms with Crippen LogP contribution in [0.4, 0.5) is 0 Å². The van der Waals surface area contributed by atoms with Crippen LogP contribution < -0.4 is 5.32 Å². The predicted octanol–water partition coefficient (Wildman–Crippen LogP) is 3.79. The molecule has 0 atom stereocenters. The van der Waals surface area contributed by atoms with Crippen molar-refractivity contribution in [3.63, 3.8) is 0 Å². The average Bonchev–Trinajstić information content (AvgIpc) is 3.03. The first-order chi connectivity index (χ1) is 9.76. The third-order valence-electron chi connectivity index (χ3n) is 3.90. The van der Waals surface area contributed by atoms with Crippen LogP contribution in [0.1, 0.15) is 32.7 Å². The van der Waals surface area contributed by atoms with Crippen LogP contribution in [0, 0.1) is 6.92 Å². The summed E-state index contributed by atoms with van der Waals surface area (Å²) in [4.78, 5) is 7.12. The molecule has 1 aliphatic heterocycles. The van der Waals surface area contributed by atoms with Crippen LogP contribution in [0.5, 0.6) is 0 Å². The lowest BCUT2D eigenvalue weighted by molar-refractivity contribution is 0.247. The molecule has 0 aromatic carbocycles. The summed E-state index contributed by atoms with van der Waals surface area (Å²) in [7, 11) is 0. The van der Waals surface area contributed by atoms with Crippen molar-refractivity contribution >= 4 is 22.7 Å². The van der Waals surface area contributed by atoms with Crippen molar-refractivity contribution in [3.05, 3.63) is 43.3 Å². The largest absolute Gasteiger partial charge is 0.312 e. The third-order valence-corrected chi connectivity index (χ3v) is 6.02. The molecule has 0 bridgehead atoms. The second-order valence-electron chi connectivity index (χ2n) is 5.40. The van der Waals surface area contributed by atoms with Crippen molar-refractivity contribution in [2.24, 2.45) is 0 Å². The first-order valence-corrected chi connectivity index (χ1v) is 9.02. The maximum atomic E-state index is 3.42. The van der Waals surface area contributed by atoms with E-state index in [1.54, 1.807) is 10.4 Å². The highest BCUT2D eigenvalue weighted by Crippen LogP contribution is 2.27. The minimum Gasteiger partial charge on any atom is -0.312 e. The van der Waals surface area contributed by atoms with Gasteiger partial charge < -0.3 is 5.32 Å². The number of nitrogens with zero attached hydrogens (tertiary/aromatic N) is 1. The molecule has 0 aliphatic carbocycles. The van der Waals surface area contributed by atoms with Gasteiger partial charge in [-0.25, -0.2) is 0 Å². The normalized spacial score (nSPS) is 15.5. The zero-order valence-electron chi connectivity index (χ0n) is 12.2. The Hall–Kier alpha value is -0.680. The zero-order valence-corrected chi connectivity index (χ0v) is 13.9. The van der Waals surface area contributed by atoms with Crippen LogP contribution >= 0.6 is 22.7 Å². The number of hydrogen-bond donors (Lipinski definition) is 1. The van der Waals surface area contributed by atoms with E-state index in [9.17, 15) is 0 Å². The quantitative estimate of drug-likeness (QED) is 0.904. The molecule has 0 fully saturated rings. The van der Waals surface area contributed by atoms with Gasteiger partial charge in [-0.1, -0.05) is 6.92 Å². The summed E-state index contributed by atoms with van der Waals surface area (Å²) in [6.07, 6.45) is 1.22. The van der Waals surface area contributed by atoms with Gasteiger partial charge in [0.15, 0.2) is 0 Å². The minimum atomic E-state index is 1.01. The van der Waals surface area contributed by atoms with Gasteiger partial charge in [-0.15, -0.1) is 22.7 Å². The third kappa shape index (κ3) is 3.14. The smallest absolute Gasteiger partial charge is 0.0299 e. The van der Waals surface area contributed by atoms with Crippen LogP contribution in [-0.4, -0.2) is 18.0 Å². The summed E-state index contributed by atoms with van der Waals surface area (Å²) in [5, 5.41) is 5.65. The van der Waals surface area contributed by atoms with Crippen molar-refractivity contribution in [1.29, 1.82) is 0 Å². The highest BCUT2D eigenvalue weighted by Gasteiger charge is 2.18. The molecule has 1 aliphatic rings. The summed E-state index contributed by atoms with van der Waals surface area (Å²) in [6, 6.07) is 4.69. The van der Waals surface area contributed by atoms with E-state index in [-0.39, 0.29) is 0 Å². The van der Waals surface area contributed by atoms with E-state index in [1.165, 1.54) is 28.3 Å². The van der Waals surface area contributed by atoms with Gasteiger partial charge in [0.05, 0.1) is 0 Å². The van der Waals surface area contributed by atoms with Gasteiger partial charge in [0, 0.05) is 40.8 Å². The lowest BCUT2D eigenvalue weighted by atomic mass is 10.1. The van der Waals surface area contributed by atoms with Crippen molar-refractivity contribution < 1.29 is 0 Å². The highest BCUT2D eigenvalue weighted by molar-refractivity contribution is 7.12. The first kappa shape index (κ1) is 14.3. The van der Waals surface area contributed by atoms with Gasteiger partial charge in [-0.3, -0.25) is 4.90 Å². The Morgan fingerprint density at radius 2 is 2.30 bits per heavy atom. The molecule has 3 heterocycles. The lowest BCUT2D eigenvalue weighted by Gasteiger charge is -2.26. The standard InChI is InChI=1S/C16H22N2S2/c1-3-17-9-15-8-14(12(2)20-15)11-18-6-4-16-13(10-18)5-7-19-16/h5,7-8,17H,3-4,6,9-11H2,1-2H3. The zero-order chi connectivity index (χ0) is 13.9. The van der Waals surface area contributed by atoms with E-state index in [2.05, 4.69) is 41.6 Å².